The largest absolute Gasteiger partial charge is 0.380 e. The summed E-state index contributed by atoms with van der Waals surface area (Å²) in [5, 5.41) is 0. The van der Waals surface area contributed by atoms with Crippen LogP contribution >= 0.6 is 0 Å². The highest BCUT2D eigenvalue weighted by Crippen LogP contribution is 2.28. The van der Waals surface area contributed by atoms with E-state index >= 15 is 0 Å². The number of piperidine rings is 1. The average Bonchev–Trinajstić information content (AvgIpc) is 2.79. The van der Waals surface area contributed by atoms with Gasteiger partial charge in [-0.1, -0.05) is 0 Å². The van der Waals surface area contributed by atoms with Gasteiger partial charge in [0.25, 0.3) is 0 Å². The van der Waals surface area contributed by atoms with Crippen molar-refractivity contribution < 1.29 is 14.3 Å². The second kappa shape index (κ2) is 5.94. The minimum Gasteiger partial charge on any atom is -0.380 e. The van der Waals surface area contributed by atoms with Crippen LogP contribution in [-0.4, -0.2) is 56.7 Å². The summed E-state index contributed by atoms with van der Waals surface area (Å²) < 4.78 is 11.1. The third-order valence-electron chi connectivity index (χ3n) is 3.79. The lowest BCUT2D eigenvalue weighted by Crippen LogP contribution is -2.46. The van der Waals surface area contributed by atoms with Crippen molar-refractivity contribution in [3.8, 4) is 0 Å². The van der Waals surface area contributed by atoms with Crippen LogP contribution in [0, 0.1) is 5.41 Å². The van der Waals surface area contributed by atoms with E-state index in [1.54, 1.807) is 0 Å². The number of carbonyl (C=O) groups excluding carboxylic acids is 1. The van der Waals surface area contributed by atoms with Crippen molar-refractivity contribution in [2.75, 3.05) is 39.5 Å². The zero-order valence-electron chi connectivity index (χ0n) is 10.7. The third-order valence-corrected chi connectivity index (χ3v) is 3.79. The van der Waals surface area contributed by atoms with E-state index in [0.717, 1.165) is 52.0 Å². The highest BCUT2D eigenvalue weighted by Gasteiger charge is 2.37. The van der Waals surface area contributed by atoms with E-state index in [0.29, 0.717) is 12.7 Å². The lowest BCUT2D eigenvalue weighted by molar-refractivity contribution is -0.118. The highest BCUT2D eigenvalue weighted by atomic mass is 16.5. The summed E-state index contributed by atoms with van der Waals surface area (Å²) in [6, 6.07) is 0. The van der Waals surface area contributed by atoms with Crippen molar-refractivity contribution >= 4 is 6.29 Å². The first-order valence-electron chi connectivity index (χ1n) is 6.66. The molecule has 2 aliphatic heterocycles. The normalized spacial score (nSPS) is 35.0. The molecule has 0 saturated carbocycles. The maximum atomic E-state index is 11.3. The lowest BCUT2D eigenvalue weighted by Gasteiger charge is -2.36. The fourth-order valence-electron chi connectivity index (χ4n) is 2.85. The first-order chi connectivity index (χ1) is 8.28. The molecule has 2 rings (SSSR count). The smallest absolute Gasteiger partial charge is 0.129 e. The number of hydrogen-bond donors (Lipinski definition) is 0. The Morgan fingerprint density at radius 2 is 2.47 bits per heavy atom. The summed E-state index contributed by atoms with van der Waals surface area (Å²) in [5.41, 5.74) is -0.256. The van der Waals surface area contributed by atoms with E-state index in [-0.39, 0.29) is 5.41 Å². The van der Waals surface area contributed by atoms with Gasteiger partial charge in [-0.3, -0.25) is 4.90 Å². The molecule has 2 atom stereocenters. The molecule has 17 heavy (non-hydrogen) atoms. The Morgan fingerprint density at radius 1 is 1.59 bits per heavy atom. The predicted molar refractivity (Wildman–Crippen MR) is 65.0 cm³/mol. The quantitative estimate of drug-likeness (QED) is 0.676. The molecule has 2 saturated heterocycles. The van der Waals surface area contributed by atoms with Gasteiger partial charge in [0.2, 0.25) is 0 Å². The molecule has 0 aliphatic carbocycles. The van der Waals surface area contributed by atoms with Crippen LogP contribution in [0.1, 0.15) is 26.2 Å². The van der Waals surface area contributed by atoms with Gasteiger partial charge < -0.3 is 14.3 Å². The van der Waals surface area contributed by atoms with Gasteiger partial charge in [0.15, 0.2) is 0 Å². The van der Waals surface area contributed by atoms with Crippen LogP contribution in [-0.2, 0) is 14.3 Å². The summed E-state index contributed by atoms with van der Waals surface area (Å²) in [5.74, 6) is 0. The van der Waals surface area contributed by atoms with Crippen LogP contribution in [0.25, 0.3) is 0 Å². The zero-order valence-corrected chi connectivity index (χ0v) is 10.7. The minimum absolute atomic E-state index is 0.256. The van der Waals surface area contributed by atoms with E-state index in [1.165, 1.54) is 6.42 Å². The number of hydrogen-bond acceptors (Lipinski definition) is 4. The molecule has 0 N–H and O–H groups in total. The SMILES string of the molecule is CCOC1CCCN(CC2(C=O)CCOC2)C1. The second-order valence-corrected chi connectivity index (χ2v) is 5.24. The van der Waals surface area contributed by atoms with E-state index in [9.17, 15) is 4.79 Å². The molecule has 2 unspecified atom stereocenters. The van der Waals surface area contributed by atoms with Gasteiger partial charge in [-0.2, -0.15) is 0 Å². The predicted octanol–water partition coefficient (Wildman–Crippen LogP) is 1.09. The van der Waals surface area contributed by atoms with Crippen molar-refractivity contribution in [2.24, 2.45) is 5.41 Å². The molecule has 0 spiro atoms. The molecule has 4 heteroatoms. The molecule has 0 aromatic rings. The molecule has 98 valence electrons. The van der Waals surface area contributed by atoms with Gasteiger partial charge >= 0.3 is 0 Å². The van der Waals surface area contributed by atoms with Gasteiger partial charge in [-0.15, -0.1) is 0 Å². The second-order valence-electron chi connectivity index (χ2n) is 5.24. The molecule has 2 heterocycles. The summed E-state index contributed by atoms with van der Waals surface area (Å²) in [4.78, 5) is 13.6. The fraction of sp³-hybridized carbons (Fsp3) is 0.923. The Balaban J connectivity index is 1.87. The Morgan fingerprint density at radius 3 is 3.12 bits per heavy atom. The van der Waals surface area contributed by atoms with Gasteiger partial charge in [0, 0.05) is 26.3 Å². The average molecular weight is 241 g/mol. The van der Waals surface area contributed by atoms with Crippen molar-refractivity contribution in [1.82, 2.24) is 4.90 Å². The highest BCUT2D eigenvalue weighted by molar-refractivity contribution is 5.60. The number of likely N-dealkylation sites (tertiary alicyclic amines) is 1. The summed E-state index contributed by atoms with van der Waals surface area (Å²) in [6.07, 6.45) is 4.63. The van der Waals surface area contributed by atoms with Crippen molar-refractivity contribution in [2.45, 2.75) is 32.3 Å². The zero-order chi connectivity index (χ0) is 12.1. The standard InChI is InChI=1S/C13H23NO3/c1-2-17-12-4-3-6-14(8-12)9-13(10-15)5-7-16-11-13/h10,12H,2-9,11H2,1H3. The van der Waals surface area contributed by atoms with E-state index < -0.39 is 0 Å². The number of aldehydes is 1. The summed E-state index contributed by atoms with van der Waals surface area (Å²) >= 11 is 0. The van der Waals surface area contributed by atoms with Gasteiger partial charge in [-0.25, -0.2) is 0 Å². The summed E-state index contributed by atoms with van der Waals surface area (Å²) in [7, 11) is 0. The molecule has 0 radical (unpaired) electrons. The molecule has 2 aliphatic rings. The molecular weight excluding hydrogens is 218 g/mol. The molecule has 0 bridgehead atoms. The number of carbonyl (C=O) groups is 1. The van der Waals surface area contributed by atoms with Gasteiger partial charge in [0.05, 0.1) is 18.1 Å². The van der Waals surface area contributed by atoms with Crippen molar-refractivity contribution in [1.29, 1.82) is 0 Å². The van der Waals surface area contributed by atoms with Crippen LogP contribution < -0.4 is 0 Å². The van der Waals surface area contributed by atoms with Crippen LogP contribution in [0.2, 0.25) is 0 Å². The third kappa shape index (κ3) is 3.27. The lowest BCUT2D eigenvalue weighted by atomic mass is 9.88. The molecule has 4 nitrogen and oxygen atoms in total. The number of ether oxygens (including phenoxy) is 2. The Kier molecular flexibility index (Phi) is 4.54. The van der Waals surface area contributed by atoms with Crippen LogP contribution in [0.4, 0.5) is 0 Å². The van der Waals surface area contributed by atoms with Crippen molar-refractivity contribution in [3.63, 3.8) is 0 Å². The summed E-state index contributed by atoms with van der Waals surface area (Å²) in [6.45, 7) is 7.01. The van der Waals surface area contributed by atoms with E-state index in [2.05, 4.69) is 4.90 Å². The molecule has 0 aromatic heterocycles. The molecule has 0 amide bonds. The first kappa shape index (κ1) is 13.0. The Hall–Kier alpha value is -0.450. The topological polar surface area (TPSA) is 38.8 Å². The first-order valence-corrected chi connectivity index (χ1v) is 6.66. The maximum absolute atomic E-state index is 11.3. The molecule has 0 aromatic carbocycles. The number of nitrogens with zero attached hydrogens (tertiary/aromatic N) is 1. The minimum atomic E-state index is -0.256. The Labute approximate surface area is 103 Å². The van der Waals surface area contributed by atoms with Gasteiger partial charge in [0.1, 0.15) is 6.29 Å². The van der Waals surface area contributed by atoms with E-state index in [4.69, 9.17) is 9.47 Å². The van der Waals surface area contributed by atoms with E-state index in [1.807, 2.05) is 6.92 Å². The number of rotatable bonds is 5. The monoisotopic (exact) mass is 241 g/mol. The molecular formula is C13H23NO3. The van der Waals surface area contributed by atoms with Gasteiger partial charge in [-0.05, 0) is 32.7 Å². The Bertz CT molecular complexity index is 249. The molecule has 2 fully saturated rings. The van der Waals surface area contributed by atoms with Crippen molar-refractivity contribution in [3.05, 3.63) is 0 Å². The van der Waals surface area contributed by atoms with Crippen LogP contribution in [0.15, 0.2) is 0 Å². The fourth-order valence-corrected chi connectivity index (χ4v) is 2.85. The maximum Gasteiger partial charge on any atom is 0.129 e. The van der Waals surface area contributed by atoms with Crippen LogP contribution in [0.5, 0.6) is 0 Å². The van der Waals surface area contributed by atoms with Crippen LogP contribution in [0.3, 0.4) is 0 Å².